The maximum Gasteiger partial charge on any atom is 0.123 e. The highest BCUT2D eigenvalue weighted by Crippen LogP contribution is 2.61. The maximum atomic E-state index is 5.43. The number of benzene rings is 1. The van der Waals surface area contributed by atoms with Gasteiger partial charge in [0.15, 0.2) is 0 Å². The Kier molecular flexibility index (Phi) is 3.06. The van der Waals surface area contributed by atoms with Gasteiger partial charge < -0.3 is 10.1 Å². The van der Waals surface area contributed by atoms with Crippen molar-refractivity contribution in [2.24, 2.45) is 11.3 Å². The van der Waals surface area contributed by atoms with Crippen LogP contribution >= 0.6 is 0 Å². The molecule has 0 saturated heterocycles. The van der Waals surface area contributed by atoms with Crippen LogP contribution < -0.4 is 10.1 Å². The Morgan fingerprint density at radius 2 is 2.06 bits per heavy atom. The lowest BCUT2D eigenvalue weighted by Gasteiger charge is -2.21. The minimum atomic E-state index is 0.373. The van der Waals surface area contributed by atoms with Gasteiger partial charge in [-0.25, -0.2) is 0 Å². The summed E-state index contributed by atoms with van der Waals surface area (Å²) >= 11 is 0. The van der Waals surface area contributed by atoms with Gasteiger partial charge in [0.05, 0.1) is 7.11 Å². The van der Waals surface area contributed by atoms with Gasteiger partial charge in [-0.2, -0.15) is 0 Å². The molecule has 2 heteroatoms. The molecular weight excluding hydrogens is 222 g/mol. The number of hydrogen-bond donors (Lipinski definition) is 1. The van der Waals surface area contributed by atoms with Crippen molar-refractivity contribution in [1.82, 2.24) is 5.32 Å². The summed E-state index contributed by atoms with van der Waals surface area (Å²) in [5.74, 6) is 2.02. The van der Waals surface area contributed by atoms with Gasteiger partial charge in [-0.3, -0.25) is 0 Å². The largest absolute Gasteiger partial charge is 0.496 e. The predicted octanol–water partition coefficient (Wildman–Crippen LogP) is 3.54. The molecule has 0 radical (unpaired) electrons. The summed E-state index contributed by atoms with van der Waals surface area (Å²) in [6.45, 7) is 3.41. The highest BCUT2D eigenvalue weighted by Gasteiger charge is 2.53. The monoisotopic (exact) mass is 245 g/mol. The Morgan fingerprint density at radius 3 is 2.67 bits per heavy atom. The smallest absolute Gasteiger partial charge is 0.123 e. The van der Waals surface area contributed by atoms with E-state index in [4.69, 9.17) is 4.74 Å². The second kappa shape index (κ2) is 4.58. The first kappa shape index (κ1) is 12.0. The van der Waals surface area contributed by atoms with Crippen molar-refractivity contribution in [3.05, 3.63) is 29.8 Å². The van der Waals surface area contributed by atoms with E-state index < -0.39 is 0 Å². The second-order valence-electron chi connectivity index (χ2n) is 5.98. The molecule has 3 rings (SSSR count). The zero-order valence-corrected chi connectivity index (χ0v) is 11.4. The number of para-hydroxylation sites is 1. The normalized spacial score (nSPS) is 22.6. The molecule has 98 valence electrons. The first-order valence-electron chi connectivity index (χ1n) is 7.11. The number of rotatable bonds is 6. The lowest BCUT2D eigenvalue weighted by Crippen LogP contribution is -2.28. The van der Waals surface area contributed by atoms with E-state index in [1.54, 1.807) is 7.11 Å². The van der Waals surface area contributed by atoms with Gasteiger partial charge in [-0.1, -0.05) is 18.2 Å². The van der Waals surface area contributed by atoms with Gasteiger partial charge in [-0.15, -0.1) is 0 Å². The Bertz CT molecular complexity index is 421. The summed E-state index contributed by atoms with van der Waals surface area (Å²) in [6.07, 6.45) is 5.79. The van der Waals surface area contributed by atoms with Crippen molar-refractivity contribution in [1.29, 1.82) is 0 Å². The fraction of sp³-hybridized carbons (Fsp3) is 0.625. The second-order valence-corrected chi connectivity index (χ2v) is 5.98. The van der Waals surface area contributed by atoms with Crippen LogP contribution in [0.3, 0.4) is 0 Å². The molecule has 2 aliphatic carbocycles. The minimum Gasteiger partial charge on any atom is -0.496 e. The van der Waals surface area contributed by atoms with E-state index in [-0.39, 0.29) is 0 Å². The number of hydrogen-bond acceptors (Lipinski definition) is 2. The van der Waals surface area contributed by atoms with E-state index in [0.717, 1.165) is 11.7 Å². The van der Waals surface area contributed by atoms with Crippen molar-refractivity contribution in [2.75, 3.05) is 13.7 Å². The van der Waals surface area contributed by atoms with E-state index in [0.29, 0.717) is 11.5 Å². The van der Waals surface area contributed by atoms with Gasteiger partial charge in [0.2, 0.25) is 0 Å². The van der Waals surface area contributed by atoms with Crippen LogP contribution in [0.25, 0.3) is 0 Å². The van der Waals surface area contributed by atoms with Gasteiger partial charge in [0.1, 0.15) is 5.75 Å². The molecule has 1 aromatic rings. The molecule has 1 unspecified atom stereocenters. The van der Waals surface area contributed by atoms with Gasteiger partial charge >= 0.3 is 0 Å². The van der Waals surface area contributed by atoms with Crippen molar-refractivity contribution < 1.29 is 4.74 Å². The Labute approximate surface area is 110 Å². The first-order valence-corrected chi connectivity index (χ1v) is 7.11. The van der Waals surface area contributed by atoms with Crippen LogP contribution in [0, 0.1) is 11.3 Å². The third kappa shape index (κ3) is 2.26. The highest BCUT2D eigenvalue weighted by atomic mass is 16.5. The van der Waals surface area contributed by atoms with Crippen LogP contribution in [-0.2, 0) is 0 Å². The van der Waals surface area contributed by atoms with Crippen LogP contribution in [0.15, 0.2) is 24.3 Å². The van der Waals surface area contributed by atoms with Crippen molar-refractivity contribution >= 4 is 0 Å². The van der Waals surface area contributed by atoms with E-state index >= 15 is 0 Å². The number of methoxy groups -OCH3 is 1. The molecule has 1 atom stereocenters. The summed E-state index contributed by atoms with van der Waals surface area (Å²) in [6, 6.07) is 8.69. The average molecular weight is 245 g/mol. The summed E-state index contributed by atoms with van der Waals surface area (Å²) in [5, 5.41) is 3.72. The standard InChI is InChI=1S/C16H23NO/c1-12(14-5-3-4-6-15(14)18-2)17-11-16(9-10-16)13-7-8-13/h3-6,12-13,17H,7-11H2,1-2H3. The quantitative estimate of drug-likeness (QED) is 0.827. The fourth-order valence-corrected chi connectivity index (χ4v) is 3.08. The average Bonchev–Trinajstić information content (AvgIpc) is 3.28. The molecule has 0 bridgehead atoms. The molecule has 0 aliphatic heterocycles. The Hall–Kier alpha value is -1.02. The van der Waals surface area contributed by atoms with E-state index in [2.05, 4.69) is 24.4 Å². The molecule has 2 fully saturated rings. The molecule has 0 spiro atoms. The molecule has 1 aromatic carbocycles. The van der Waals surface area contributed by atoms with Gasteiger partial charge in [0.25, 0.3) is 0 Å². The zero-order chi connectivity index (χ0) is 12.6. The Morgan fingerprint density at radius 1 is 1.33 bits per heavy atom. The topological polar surface area (TPSA) is 21.3 Å². The molecule has 0 amide bonds. The summed E-state index contributed by atoms with van der Waals surface area (Å²) in [7, 11) is 1.75. The van der Waals surface area contributed by atoms with E-state index in [1.807, 2.05) is 12.1 Å². The van der Waals surface area contributed by atoms with Crippen LogP contribution in [0.5, 0.6) is 5.75 Å². The third-order valence-electron chi connectivity index (χ3n) is 4.70. The minimum absolute atomic E-state index is 0.373. The van der Waals surface area contributed by atoms with Crippen molar-refractivity contribution in [3.8, 4) is 5.75 Å². The van der Waals surface area contributed by atoms with Crippen LogP contribution in [0.4, 0.5) is 0 Å². The fourth-order valence-electron chi connectivity index (χ4n) is 3.08. The highest BCUT2D eigenvalue weighted by molar-refractivity contribution is 5.35. The summed E-state index contributed by atoms with van der Waals surface area (Å²) in [5.41, 5.74) is 1.93. The molecule has 2 aliphatic rings. The van der Waals surface area contributed by atoms with Crippen LogP contribution in [0.2, 0.25) is 0 Å². The van der Waals surface area contributed by atoms with Crippen LogP contribution in [-0.4, -0.2) is 13.7 Å². The Balaban J connectivity index is 1.62. The lowest BCUT2D eigenvalue weighted by molar-refractivity contribution is 0.369. The molecule has 0 heterocycles. The lowest BCUT2D eigenvalue weighted by atomic mass is 9.99. The number of nitrogens with one attached hydrogen (secondary N) is 1. The summed E-state index contributed by atoms with van der Waals surface area (Å²) in [4.78, 5) is 0. The third-order valence-corrected chi connectivity index (χ3v) is 4.70. The van der Waals surface area contributed by atoms with Crippen molar-refractivity contribution in [2.45, 2.75) is 38.6 Å². The molecular formula is C16H23NO. The molecule has 1 N–H and O–H groups in total. The van der Waals surface area contributed by atoms with Crippen molar-refractivity contribution in [3.63, 3.8) is 0 Å². The number of ether oxygens (including phenoxy) is 1. The zero-order valence-electron chi connectivity index (χ0n) is 11.4. The van der Waals surface area contributed by atoms with E-state index in [1.165, 1.54) is 37.8 Å². The first-order chi connectivity index (χ1) is 8.75. The van der Waals surface area contributed by atoms with Gasteiger partial charge in [-0.05, 0) is 50.0 Å². The molecule has 0 aromatic heterocycles. The molecule has 2 nitrogen and oxygen atoms in total. The molecule has 18 heavy (non-hydrogen) atoms. The van der Waals surface area contributed by atoms with Gasteiger partial charge in [0, 0.05) is 18.2 Å². The van der Waals surface area contributed by atoms with Crippen LogP contribution in [0.1, 0.15) is 44.2 Å². The SMILES string of the molecule is COc1ccccc1C(C)NCC1(C2CC2)CC1. The van der Waals surface area contributed by atoms with E-state index in [9.17, 15) is 0 Å². The predicted molar refractivity (Wildman–Crippen MR) is 73.8 cm³/mol. The summed E-state index contributed by atoms with van der Waals surface area (Å²) < 4.78 is 5.43. The maximum absolute atomic E-state index is 5.43. The molecule has 2 saturated carbocycles.